The molecule has 0 atom stereocenters. The van der Waals surface area contributed by atoms with Crippen molar-refractivity contribution in [2.75, 3.05) is 0 Å². The summed E-state index contributed by atoms with van der Waals surface area (Å²) in [6, 6.07) is 0. The SMILES string of the molecule is C=C(Cl)C(C(=C)Cl)=C(C)C. The Kier molecular flexibility index (Phi) is 3.77. The molecule has 0 aliphatic heterocycles. The van der Waals surface area contributed by atoms with Crippen molar-refractivity contribution in [3.63, 3.8) is 0 Å². The minimum Gasteiger partial charge on any atom is -0.0843 e. The van der Waals surface area contributed by atoms with Gasteiger partial charge in [-0.25, -0.2) is 0 Å². The highest BCUT2D eigenvalue weighted by atomic mass is 35.5. The zero-order valence-corrected chi connectivity index (χ0v) is 7.68. The fourth-order valence-electron chi connectivity index (χ4n) is 0.690. The van der Waals surface area contributed by atoms with Gasteiger partial charge in [0.25, 0.3) is 0 Å². The summed E-state index contributed by atoms with van der Waals surface area (Å²) in [5.41, 5.74) is 1.78. The summed E-state index contributed by atoms with van der Waals surface area (Å²) in [5.74, 6) is 0. The van der Waals surface area contributed by atoms with E-state index in [0.29, 0.717) is 10.1 Å². The Labute approximate surface area is 71.8 Å². The van der Waals surface area contributed by atoms with E-state index < -0.39 is 0 Å². The third-order valence-electron chi connectivity index (χ3n) is 1.04. The minimum atomic E-state index is 0.444. The van der Waals surface area contributed by atoms with Crippen molar-refractivity contribution in [3.8, 4) is 0 Å². The molecular weight excluding hydrogens is 167 g/mol. The van der Waals surface area contributed by atoms with Crippen LogP contribution in [0.3, 0.4) is 0 Å². The van der Waals surface area contributed by atoms with Crippen LogP contribution in [0.4, 0.5) is 0 Å². The molecule has 0 aromatic heterocycles. The first-order chi connectivity index (χ1) is 4.46. The Morgan fingerprint density at radius 3 is 1.30 bits per heavy atom. The molecule has 0 aliphatic rings. The van der Waals surface area contributed by atoms with Gasteiger partial charge in [0.15, 0.2) is 0 Å². The van der Waals surface area contributed by atoms with Crippen LogP contribution in [0.2, 0.25) is 0 Å². The Balaban J connectivity index is 4.79. The minimum absolute atomic E-state index is 0.444. The Morgan fingerprint density at radius 1 is 1.00 bits per heavy atom. The molecule has 10 heavy (non-hydrogen) atoms. The van der Waals surface area contributed by atoms with Gasteiger partial charge in [-0.05, 0) is 13.8 Å². The first kappa shape index (κ1) is 9.80. The van der Waals surface area contributed by atoms with Gasteiger partial charge in [0.05, 0.1) is 0 Å². The summed E-state index contributed by atoms with van der Waals surface area (Å²) in [4.78, 5) is 0. The first-order valence-corrected chi connectivity index (χ1v) is 3.59. The third-order valence-corrected chi connectivity index (χ3v) is 1.42. The van der Waals surface area contributed by atoms with Gasteiger partial charge >= 0.3 is 0 Å². The van der Waals surface area contributed by atoms with Gasteiger partial charge in [0.1, 0.15) is 0 Å². The van der Waals surface area contributed by atoms with E-state index >= 15 is 0 Å². The second-order valence-corrected chi connectivity index (χ2v) is 3.10. The predicted octanol–water partition coefficient (Wildman–Crippen LogP) is 3.83. The van der Waals surface area contributed by atoms with Gasteiger partial charge in [-0.1, -0.05) is 41.9 Å². The lowest BCUT2D eigenvalue weighted by Gasteiger charge is -2.03. The van der Waals surface area contributed by atoms with Gasteiger partial charge in [0, 0.05) is 15.6 Å². The fourth-order valence-corrected chi connectivity index (χ4v) is 1.34. The largest absolute Gasteiger partial charge is 0.0843 e. The molecule has 0 radical (unpaired) electrons. The van der Waals surface area contributed by atoms with Gasteiger partial charge in [0.2, 0.25) is 0 Å². The van der Waals surface area contributed by atoms with Crippen LogP contribution in [0.5, 0.6) is 0 Å². The highest BCUT2D eigenvalue weighted by Crippen LogP contribution is 2.25. The van der Waals surface area contributed by atoms with E-state index in [1.165, 1.54) is 0 Å². The Hall–Kier alpha value is -0.200. The molecule has 0 aromatic carbocycles. The van der Waals surface area contributed by atoms with E-state index in [-0.39, 0.29) is 0 Å². The van der Waals surface area contributed by atoms with Crippen LogP contribution in [-0.2, 0) is 0 Å². The summed E-state index contributed by atoms with van der Waals surface area (Å²) >= 11 is 11.3. The van der Waals surface area contributed by atoms with Crippen molar-refractivity contribution in [2.24, 2.45) is 0 Å². The standard InChI is InChI=1S/C8H10Cl2/c1-5(2)8(6(3)9)7(4)10/h3-4H2,1-2H3. The molecule has 0 nitrogen and oxygen atoms in total. The molecule has 56 valence electrons. The van der Waals surface area contributed by atoms with Gasteiger partial charge in [-0.3, -0.25) is 0 Å². The van der Waals surface area contributed by atoms with Crippen molar-refractivity contribution < 1.29 is 0 Å². The van der Waals surface area contributed by atoms with Crippen LogP contribution in [0.15, 0.2) is 34.4 Å². The van der Waals surface area contributed by atoms with Crippen molar-refractivity contribution in [1.82, 2.24) is 0 Å². The van der Waals surface area contributed by atoms with Gasteiger partial charge < -0.3 is 0 Å². The molecule has 0 heterocycles. The lowest BCUT2D eigenvalue weighted by Crippen LogP contribution is -1.84. The zero-order chi connectivity index (χ0) is 8.31. The van der Waals surface area contributed by atoms with Crippen LogP contribution in [0.25, 0.3) is 0 Å². The number of allylic oxidation sites excluding steroid dienone is 4. The molecule has 2 heteroatoms. The van der Waals surface area contributed by atoms with Crippen molar-refractivity contribution in [1.29, 1.82) is 0 Å². The number of rotatable bonds is 2. The van der Waals surface area contributed by atoms with Crippen molar-refractivity contribution >= 4 is 23.2 Å². The molecule has 0 bridgehead atoms. The average Bonchev–Trinajstić information content (AvgIpc) is 1.59. The second kappa shape index (κ2) is 3.85. The van der Waals surface area contributed by atoms with E-state index in [4.69, 9.17) is 23.2 Å². The fraction of sp³-hybridized carbons (Fsp3) is 0.250. The highest BCUT2D eigenvalue weighted by molar-refractivity contribution is 6.38. The van der Waals surface area contributed by atoms with Crippen LogP contribution in [-0.4, -0.2) is 0 Å². The maximum atomic E-state index is 5.64. The molecule has 0 aliphatic carbocycles. The molecular formula is C8H10Cl2. The summed E-state index contributed by atoms with van der Waals surface area (Å²) in [7, 11) is 0. The predicted molar refractivity (Wildman–Crippen MR) is 48.4 cm³/mol. The monoisotopic (exact) mass is 176 g/mol. The maximum Gasteiger partial charge on any atom is 0.0420 e. The maximum absolute atomic E-state index is 5.64. The first-order valence-electron chi connectivity index (χ1n) is 2.84. The molecule has 0 rings (SSSR count). The van der Waals surface area contributed by atoms with Gasteiger partial charge in [-0.15, -0.1) is 0 Å². The molecule has 0 saturated carbocycles. The number of hydrogen-bond acceptors (Lipinski definition) is 0. The zero-order valence-electron chi connectivity index (χ0n) is 6.17. The van der Waals surface area contributed by atoms with E-state index in [2.05, 4.69) is 13.2 Å². The average molecular weight is 177 g/mol. The second-order valence-electron chi connectivity index (χ2n) is 2.18. The van der Waals surface area contributed by atoms with Crippen molar-refractivity contribution in [2.45, 2.75) is 13.8 Å². The molecule has 0 saturated heterocycles. The van der Waals surface area contributed by atoms with E-state index in [9.17, 15) is 0 Å². The number of hydrogen-bond donors (Lipinski definition) is 0. The van der Waals surface area contributed by atoms with E-state index in [1.807, 2.05) is 13.8 Å². The summed E-state index contributed by atoms with van der Waals surface area (Å²) in [5, 5.41) is 0.889. The lowest BCUT2D eigenvalue weighted by atomic mass is 10.1. The van der Waals surface area contributed by atoms with Crippen LogP contribution in [0, 0.1) is 0 Å². The molecule has 0 amide bonds. The molecule has 0 fully saturated rings. The highest BCUT2D eigenvalue weighted by Gasteiger charge is 2.03. The smallest absolute Gasteiger partial charge is 0.0420 e. The molecule has 0 unspecified atom stereocenters. The van der Waals surface area contributed by atoms with Crippen LogP contribution < -0.4 is 0 Å². The van der Waals surface area contributed by atoms with Gasteiger partial charge in [-0.2, -0.15) is 0 Å². The van der Waals surface area contributed by atoms with E-state index in [1.54, 1.807) is 0 Å². The van der Waals surface area contributed by atoms with Crippen LogP contribution in [0.1, 0.15) is 13.8 Å². The Bertz CT molecular complexity index is 179. The third kappa shape index (κ3) is 2.59. The summed E-state index contributed by atoms with van der Waals surface area (Å²) in [6.45, 7) is 10.9. The quantitative estimate of drug-likeness (QED) is 0.562. The molecule has 0 spiro atoms. The lowest BCUT2D eigenvalue weighted by molar-refractivity contribution is 1.33. The summed E-state index contributed by atoms with van der Waals surface area (Å²) in [6.07, 6.45) is 0. The summed E-state index contributed by atoms with van der Waals surface area (Å²) < 4.78 is 0. The normalized spacial score (nSPS) is 8.80. The van der Waals surface area contributed by atoms with E-state index in [0.717, 1.165) is 11.1 Å². The molecule has 0 aromatic rings. The molecule has 0 N–H and O–H groups in total. The van der Waals surface area contributed by atoms with Crippen molar-refractivity contribution in [3.05, 3.63) is 34.4 Å². The topological polar surface area (TPSA) is 0 Å². The number of halogens is 2. The van der Waals surface area contributed by atoms with Crippen LogP contribution >= 0.6 is 23.2 Å². The Morgan fingerprint density at radius 2 is 1.30 bits per heavy atom.